The van der Waals surface area contributed by atoms with Gasteiger partial charge in [-0.2, -0.15) is 0 Å². The van der Waals surface area contributed by atoms with Gasteiger partial charge in [0.2, 0.25) is 0 Å². The number of hydrogen-bond acceptors (Lipinski definition) is 0. The fraction of sp³-hybridized carbons (Fsp3) is 0.0769. The fourth-order valence-electron chi connectivity index (χ4n) is 2.93. The zero-order valence-corrected chi connectivity index (χ0v) is 13.3. The van der Waals surface area contributed by atoms with E-state index in [0.29, 0.717) is 0 Å². The predicted molar refractivity (Wildman–Crippen MR) is 83.0 cm³/mol. The van der Waals surface area contributed by atoms with E-state index >= 15 is 0 Å². The molecule has 6 heteroatoms. The van der Waals surface area contributed by atoms with Crippen molar-refractivity contribution < 1.29 is 8.68 Å². The molecule has 2 nitrogen and oxygen atoms in total. The van der Waals surface area contributed by atoms with E-state index in [2.05, 4.69) is 12.1 Å². The van der Waals surface area contributed by atoms with E-state index < -0.39 is 4.30 Å². The van der Waals surface area contributed by atoms with Crippen LogP contribution in [0.5, 0.6) is 0 Å². The summed E-state index contributed by atoms with van der Waals surface area (Å²) in [4.78, 5) is 0. The van der Waals surface area contributed by atoms with Crippen molar-refractivity contribution in [1.82, 2.24) is 0 Å². The summed E-state index contributed by atoms with van der Waals surface area (Å²) in [5.74, 6) is 0. The van der Waals surface area contributed by atoms with Gasteiger partial charge >= 0.3 is 124 Å². The summed E-state index contributed by atoms with van der Waals surface area (Å²) in [6.45, 7) is 1.73. The van der Waals surface area contributed by atoms with Crippen molar-refractivity contribution in [1.29, 1.82) is 0 Å². The molecule has 0 aliphatic carbocycles. The molecule has 0 radical (unpaired) electrons. The molecule has 0 amide bonds. The van der Waals surface area contributed by atoms with E-state index in [4.69, 9.17) is 33.7 Å². The average molecular weight is 333 g/mol. The SMILES string of the molecule is C[P-]1(Cl)(Cl)(Cl)[n+]2cccc3ccc4ccc[n+]1c4c32. The first-order valence-corrected chi connectivity index (χ1v) is 11.6. The second-order valence-electron chi connectivity index (χ2n) is 5.29. The Bertz CT molecular complexity index is 830. The third-order valence-corrected chi connectivity index (χ3v) is 9.61. The monoisotopic (exact) mass is 331 g/mol. The molecule has 0 N–H and O–H groups in total. The van der Waals surface area contributed by atoms with Gasteiger partial charge in [0.15, 0.2) is 0 Å². The molecule has 0 spiro atoms. The number of pyridine rings is 2. The Morgan fingerprint density at radius 2 is 1.21 bits per heavy atom. The van der Waals surface area contributed by atoms with Crippen LogP contribution in [-0.4, -0.2) is 6.66 Å². The normalized spacial score (nSPS) is 24.8. The van der Waals surface area contributed by atoms with Gasteiger partial charge in [-0.1, -0.05) is 0 Å². The standard InChI is InChI=1S/C13H11Cl3N2P/c1-19(14,15,16)17-8-2-4-10-6-7-11-5-3-9-18(19)13(11)12(10)17/h2-9H,1H3/q+1. The van der Waals surface area contributed by atoms with Crippen LogP contribution in [0.15, 0.2) is 48.8 Å². The number of nitrogens with zero attached hydrogens (tertiary/aromatic N) is 2. The molecular formula is C13H11Cl3N2P+. The molecule has 0 atom stereocenters. The van der Waals surface area contributed by atoms with Crippen LogP contribution in [0.4, 0.5) is 0 Å². The van der Waals surface area contributed by atoms with Crippen LogP contribution >= 0.6 is 38.0 Å². The quantitative estimate of drug-likeness (QED) is 0.429. The zero-order valence-electron chi connectivity index (χ0n) is 10.1. The second-order valence-corrected chi connectivity index (χ2v) is 19.8. The van der Waals surface area contributed by atoms with Crippen LogP contribution < -0.4 is 8.68 Å². The molecule has 0 unspecified atom stereocenters. The number of hydrogen-bond donors (Lipinski definition) is 0. The van der Waals surface area contributed by atoms with Crippen molar-refractivity contribution in [3.63, 3.8) is 0 Å². The van der Waals surface area contributed by atoms with Crippen LogP contribution in [-0.2, 0) is 0 Å². The first-order chi connectivity index (χ1) is 8.72. The molecule has 0 saturated carbocycles. The first-order valence-electron chi connectivity index (χ1n) is 5.89. The van der Waals surface area contributed by atoms with Gasteiger partial charge in [-0.3, -0.25) is 0 Å². The Hall–Kier alpha value is -0.660. The van der Waals surface area contributed by atoms with E-state index in [1.54, 1.807) is 6.66 Å². The molecule has 98 valence electrons. The zero-order chi connectivity index (χ0) is 13.5. The van der Waals surface area contributed by atoms with E-state index in [1.165, 1.54) is 0 Å². The number of rotatable bonds is 0. The van der Waals surface area contributed by atoms with E-state index in [1.807, 2.05) is 45.3 Å². The summed E-state index contributed by atoms with van der Waals surface area (Å²) in [7, 11) is 0. The summed E-state index contributed by atoms with van der Waals surface area (Å²) in [5.41, 5.74) is 1.97. The van der Waals surface area contributed by atoms with Crippen molar-refractivity contribution in [3.05, 3.63) is 48.8 Å². The van der Waals surface area contributed by atoms with Gasteiger partial charge in [0.1, 0.15) is 0 Å². The van der Waals surface area contributed by atoms with E-state index in [-0.39, 0.29) is 0 Å². The van der Waals surface area contributed by atoms with Gasteiger partial charge in [-0.05, 0) is 0 Å². The third-order valence-electron chi connectivity index (χ3n) is 3.79. The van der Waals surface area contributed by atoms with Crippen molar-refractivity contribution >= 4 is 59.8 Å². The molecule has 1 aliphatic heterocycles. The number of aromatic nitrogens is 2. The summed E-state index contributed by atoms with van der Waals surface area (Å²) >= 11 is 20.6. The Morgan fingerprint density at radius 3 is 1.63 bits per heavy atom. The summed E-state index contributed by atoms with van der Waals surface area (Å²) in [5, 5.41) is 2.15. The molecule has 4 rings (SSSR count). The van der Waals surface area contributed by atoms with Crippen molar-refractivity contribution in [2.45, 2.75) is 0 Å². The van der Waals surface area contributed by atoms with Gasteiger partial charge in [-0.25, -0.2) is 0 Å². The van der Waals surface area contributed by atoms with Crippen molar-refractivity contribution in [3.8, 4) is 0 Å². The molecule has 2 aromatic heterocycles. The van der Waals surface area contributed by atoms with Gasteiger partial charge in [-0.15, -0.1) is 0 Å². The summed E-state index contributed by atoms with van der Waals surface area (Å²) in [6, 6.07) is 12.0. The van der Waals surface area contributed by atoms with Crippen LogP contribution in [0.25, 0.3) is 21.8 Å². The van der Waals surface area contributed by atoms with Crippen LogP contribution in [0.1, 0.15) is 0 Å². The minimum absolute atomic E-state index is 0.985. The van der Waals surface area contributed by atoms with Gasteiger partial charge in [0.25, 0.3) is 0 Å². The number of benzene rings is 1. The first kappa shape index (κ1) is 12.1. The van der Waals surface area contributed by atoms with Crippen LogP contribution in [0.2, 0.25) is 0 Å². The van der Waals surface area contributed by atoms with E-state index in [0.717, 1.165) is 21.8 Å². The molecule has 3 aromatic rings. The molecule has 0 fully saturated rings. The Balaban J connectivity index is 2.49. The predicted octanol–water partition coefficient (Wildman–Crippen LogP) is 4.29. The average Bonchev–Trinajstić information content (AvgIpc) is 2.52. The molecule has 1 aromatic carbocycles. The van der Waals surface area contributed by atoms with Crippen molar-refractivity contribution in [2.75, 3.05) is 6.66 Å². The molecule has 0 saturated heterocycles. The summed E-state index contributed by atoms with van der Waals surface area (Å²) in [6.07, 6.45) is 3.72. The Kier molecular flexibility index (Phi) is 1.81. The molecular weight excluding hydrogens is 321 g/mol. The third kappa shape index (κ3) is 1.29. The maximum absolute atomic E-state index is 6.88. The molecule has 1 aliphatic rings. The maximum atomic E-state index is 6.88. The molecule has 19 heavy (non-hydrogen) atoms. The Morgan fingerprint density at radius 1 is 0.789 bits per heavy atom. The van der Waals surface area contributed by atoms with Gasteiger partial charge < -0.3 is 0 Å². The van der Waals surface area contributed by atoms with Gasteiger partial charge in [0, 0.05) is 0 Å². The van der Waals surface area contributed by atoms with Crippen LogP contribution in [0, 0.1) is 0 Å². The minimum atomic E-state index is -4.38. The second kappa shape index (κ2) is 2.84. The Labute approximate surface area is 124 Å². The molecule has 0 bridgehead atoms. The van der Waals surface area contributed by atoms with E-state index in [9.17, 15) is 0 Å². The van der Waals surface area contributed by atoms with Crippen LogP contribution in [0.3, 0.4) is 0 Å². The van der Waals surface area contributed by atoms with Crippen molar-refractivity contribution in [2.24, 2.45) is 0 Å². The fourth-order valence-corrected chi connectivity index (χ4v) is 7.70. The summed E-state index contributed by atoms with van der Waals surface area (Å²) < 4.78 is -0.694. The molecule has 3 heterocycles. The van der Waals surface area contributed by atoms with Gasteiger partial charge in [0.05, 0.1) is 0 Å². The topological polar surface area (TPSA) is 7.76 Å². The number of halogens is 3.